The third kappa shape index (κ3) is 3.38. The van der Waals surface area contributed by atoms with Gasteiger partial charge in [-0.25, -0.2) is 4.39 Å². The summed E-state index contributed by atoms with van der Waals surface area (Å²) in [4.78, 5) is 0. The second kappa shape index (κ2) is 6.37. The van der Waals surface area contributed by atoms with Crippen LogP contribution in [-0.2, 0) is 0 Å². The quantitative estimate of drug-likeness (QED) is 0.899. The van der Waals surface area contributed by atoms with E-state index >= 15 is 0 Å². The van der Waals surface area contributed by atoms with E-state index in [1.807, 2.05) is 25.1 Å². The van der Waals surface area contributed by atoms with E-state index < -0.39 is 6.10 Å². The van der Waals surface area contributed by atoms with Crippen molar-refractivity contribution in [3.63, 3.8) is 0 Å². The van der Waals surface area contributed by atoms with Gasteiger partial charge in [0.15, 0.2) is 0 Å². The predicted octanol–water partition coefficient (Wildman–Crippen LogP) is 4.36. The Morgan fingerprint density at radius 3 is 2.50 bits per heavy atom. The number of benzene rings is 2. The van der Waals surface area contributed by atoms with Crippen LogP contribution in [0.15, 0.2) is 46.9 Å². The van der Waals surface area contributed by atoms with Crippen LogP contribution in [0, 0.1) is 12.7 Å². The van der Waals surface area contributed by atoms with Gasteiger partial charge in [0.25, 0.3) is 0 Å². The van der Waals surface area contributed by atoms with Crippen LogP contribution in [-0.4, -0.2) is 6.04 Å². The molecular formula is C16H17BrFNO. The van der Waals surface area contributed by atoms with Gasteiger partial charge >= 0.3 is 0 Å². The zero-order chi connectivity index (χ0) is 14.7. The maximum atomic E-state index is 13.9. The van der Waals surface area contributed by atoms with Crippen molar-refractivity contribution in [3.05, 3.63) is 63.9 Å². The molecule has 0 aliphatic carbocycles. The molecule has 0 heterocycles. The lowest BCUT2D eigenvalue weighted by atomic mass is 10.0. The average molecular weight is 338 g/mol. The van der Waals surface area contributed by atoms with Gasteiger partial charge in [0.1, 0.15) is 17.7 Å². The van der Waals surface area contributed by atoms with Crippen LogP contribution in [0.2, 0.25) is 0 Å². The molecule has 20 heavy (non-hydrogen) atoms. The molecule has 2 N–H and O–H groups in total. The van der Waals surface area contributed by atoms with Gasteiger partial charge in [-0.1, -0.05) is 24.3 Å². The highest BCUT2D eigenvalue weighted by Gasteiger charge is 2.22. The zero-order valence-electron chi connectivity index (χ0n) is 11.4. The molecule has 0 saturated heterocycles. The van der Waals surface area contributed by atoms with Gasteiger partial charge in [0.2, 0.25) is 0 Å². The SMILES string of the molecule is Cc1ccc(OC(c2ccccc2F)C(C)N)c(Br)c1. The number of ether oxygens (including phenoxy) is 1. The number of hydrogen-bond acceptors (Lipinski definition) is 2. The van der Waals surface area contributed by atoms with Crippen molar-refractivity contribution >= 4 is 15.9 Å². The summed E-state index contributed by atoms with van der Waals surface area (Å²) in [5, 5.41) is 0. The van der Waals surface area contributed by atoms with Crippen LogP contribution < -0.4 is 10.5 Å². The molecule has 0 spiro atoms. The maximum absolute atomic E-state index is 13.9. The molecule has 0 amide bonds. The monoisotopic (exact) mass is 337 g/mol. The normalized spacial score (nSPS) is 13.8. The van der Waals surface area contributed by atoms with Crippen LogP contribution in [0.25, 0.3) is 0 Å². The third-order valence-electron chi connectivity index (χ3n) is 3.03. The Balaban J connectivity index is 2.33. The largest absolute Gasteiger partial charge is 0.483 e. The van der Waals surface area contributed by atoms with Crippen molar-refractivity contribution in [2.45, 2.75) is 26.0 Å². The second-order valence-corrected chi connectivity index (χ2v) is 5.71. The summed E-state index contributed by atoms with van der Waals surface area (Å²) in [5.41, 5.74) is 7.54. The Morgan fingerprint density at radius 2 is 1.90 bits per heavy atom. The molecule has 0 bridgehead atoms. The van der Waals surface area contributed by atoms with E-state index in [-0.39, 0.29) is 11.9 Å². The minimum Gasteiger partial charge on any atom is -0.483 e. The average Bonchev–Trinajstić information content (AvgIpc) is 2.39. The molecule has 0 aromatic heterocycles. The Labute approximate surface area is 126 Å². The summed E-state index contributed by atoms with van der Waals surface area (Å²) in [5.74, 6) is 0.346. The first-order valence-corrected chi connectivity index (χ1v) is 7.21. The first kappa shape index (κ1) is 15.0. The van der Waals surface area contributed by atoms with Crippen LogP contribution in [0.4, 0.5) is 4.39 Å². The molecule has 0 aliphatic heterocycles. The van der Waals surface area contributed by atoms with Crippen molar-refractivity contribution in [1.29, 1.82) is 0 Å². The highest BCUT2D eigenvalue weighted by molar-refractivity contribution is 9.10. The molecule has 4 heteroatoms. The fraction of sp³-hybridized carbons (Fsp3) is 0.250. The Kier molecular flexibility index (Phi) is 4.78. The summed E-state index contributed by atoms with van der Waals surface area (Å²) in [7, 11) is 0. The van der Waals surface area contributed by atoms with E-state index in [4.69, 9.17) is 10.5 Å². The van der Waals surface area contributed by atoms with Crippen molar-refractivity contribution in [2.75, 3.05) is 0 Å². The van der Waals surface area contributed by atoms with Gasteiger partial charge in [0.05, 0.1) is 4.47 Å². The van der Waals surface area contributed by atoms with Crippen molar-refractivity contribution in [2.24, 2.45) is 5.73 Å². The van der Waals surface area contributed by atoms with Gasteiger partial charge in [-0.3, -0.25) is 0 Å². The van der Waals surface area contributed by atoms with E-state index in [1.165, 1.54) is 6.07 Å². The molecule has 2 atom stereocenters. The lowest BCUT2D eigenvalue weighted by Gasteiger charge is -2.24. The molecule has 2 aromatic rings. The van der Waals surface area contributed by atoms with Gasteiger partial charge in [-0.15, -0.1) is 0 Å². The summed E-state index contributed by atoms with van der Waals surface area (Å²) >= 11 is 3.46. The van der Waals surface area contributed by atoms with Crippen LogP contribution >= 0.6 is 15.9 Å². The lowest BCUT2D eigenvalue weighted by Crippen LogP contribution is -2.29. The first-order valence-electron chi connectivity index (χ1n) is 6.42. The summed E-state index contributed by atoms with van der Waals surface area (Å²) in [6.45, 7) is 3.80. The van der Waals surface area contributed by atoms with Crippen molar-refractivity contribution < 1.29 is 9.13 Å². The van der Waals surface area contributed by atoms with Gasteiger partial charge < -0.3 is 10.5 Å². The van der Waals surface area contributed by atoms with Crippen LogP contribution in [0.3, 0.4) is 0 Å². The summed E-state index contributed by atoms with van der Waals surface area (Å²) in [6, 6.07) is 12.0. The fourth-order valence-electron chi connectivity index (χ4n) is 2.00. The van der Waals surface area contributed by atoms with Crippen molar-refractivity contribution in [1.82, 2.24) is 0 Å². The minimum absolute atomic E-state index is 0.307. The number of halogens is 2. The molecule has 2 unspecified atom stereocenters. The van der Waals surface area contributed by atoms with Gasteiger partial charge in [-0.2, -0.15) is 0 Å². The zero-order valence-corrected chi connectivity index (χ0v) is 13.0. The van der Waals surface area contributed by atoms with Crippen LogP contribution in [0.1, 0.15) is 24.2 Å². The molecule has 2 rings (SSSR count). The number of rotatable bonds is 4. The number of aryl methyl sites for hydroxylation is 1. The van der Waals surface area contributed by atoms with Gasteiger partial charge in [0, 0.05) is 11.6 Å². The molecule has 2 nitrogen and oxygen atoms in total. The smallest absolute Gasteiger partial charge is 0.141 e. The highest BCUT2D eigenvalue weighted by atomic mass is 79.9. The predicted molar refractivity (Wildman–Crippen MR) is 82.3 cm³/mol. The first-order chi connectivity index (χ1) is 9.49. The van der Waals surface area contributed by atoms with Gasteiger partial charge in [-0.05, 0) is 53.5 Å². The van der Waals surface area contributed by atoms with Crippen LogP contribution in [0.5, 0.6) is 5.75 Å². The minimum atomic E-state index is -0.532. The Hall–Kier alpha value is -1.39. The molecule has 2 aromatic carbocycles. The third-order valence-corrected chi connectivity index (χ3v) is 3.65. The van der Waals surface area contributed by atoms with E-state index in [2.05, 4.69) is 15.9 Å². The fourth-order valence-corrected chi connectivity index (χ4v) is 2.58. The second-order valence-electron chi connectivity index (χ2n) is 4.85. The molecular weight excluding hydrogens is 321 g/mol. The number of nitrogens with two attached hydrogens (primary N) is 1. The molecule has 106 valence electrons. The van der Waals surface area contributed by atoms with E-state index in [0.717, 1.165) is 10.0 Å². The number of hydrogen-bond donors (Lipinski definition) is 1. The van der Waals surface area contributed by atoms with Crippen molar-refractivity contribution in [3.8, 4) is 5.75 Å². The standard InChI is InChI=1S/C16H17BrFNO/c1-10-7-8-15(13(17)9-10)20-16(11(2)19)12-5-3-4-6-14(12)18/h3-9,11,16H,19H2,1-2H3. The maximum Gasteiger partial charge on any atom is 0.141 e. The summed E-state index contributed by atoms with van der Waals surface area (Å²) in [6.07, 6.45) is -0.532. The lowest BCUT2D eigenvalue weighted by molar-refractivity contribution is 0.174. The molecule has 0 aliphatic rings. The van der Waals surface area contributed by atoms with E-state index in [0.29, 0.717) is 11.3 Å². The van der Waals surface area contributed by atoms with E-state index in [9.17, 15) is 4.39 Å². The molecule has 0 saturated carbocycles. The summed E-state index contributed by atoms with van der Waals surface area (Å²) < 4.78 is 20.7. The molecule has 0 fully saturated rings. The Bertz CT molecular complexity index is 601. The van der Waals surface area contributed by atoms with E-state index in [1.54, 1.807) is 25.1 Å². The topological polar surface area (TPSA) is 35.2 Å². The molecule has 0 radical (unpaired) electrons. The Morgan fingerprint density at radius 1 is 1.20 bits per heavy atom. The highest BCUT2D eigenvalue weighted by Crippen LogP contribution is 2.32.